The molecular weight excluding hydrogens is 160 g/mol. The Balaban J connectivity index is 4.06. The monoisotopic (exact) mass is 170 g/mol. The highest BCUT2D eigenvalue weighted by atomic mass is 32.2. The average molecular weight is 170 g/mol. The third-order valence-electron chi connectivity index (χ3n) is 0.670. The van der Waals surface area contributed by atoms with Gasteiger partial charge in [0.25, 0.3) is 0 Å². The summed E-state index contributed by atoms with van der Waals surface area (Å²) >= 11 is -1.47. The molecule has 0 amide bonds. The Morgan fingerprint density at radius 2 is 2.18 bits per heavy atom. The summed E-state index contributed by atoms with van der Waals surface area (Å²) in [6.07, 6.45) is 2.24. The Kier molecular flexibility index (Phi) is 5.28. The standard InChI is InChI=1S/C8H10O2S/c1-4-6-10-11(9)7-5-8(2)3/h7H,1-3H3. The first-order valence-electron chi connectivity index (χ1n) is 3.06. The second kappa shape index (κ2) is 5.79. The van der Waals surface area contributed by atoms with E-state index < -0.39 is 11.1 Å². The molecule has 0 aromatic heterocycles. The lowest BCUT2D eigenvalue weighted by atomic mass is 10.4. The smallest absolute Gasteiger partial charge is 0.249 e. The lowest BCUT2D eigenvalue weighted by Crippen LogP contribution is -1.83. The van der Waals surface area contributed by atoms with Crippen LogP contribution in [0.4, 0.5) is 0 Å². The van der Waals surface area contributed by atoms with Crippen molar-refractivity contribution in [3.8, 4) is 12.0 Å². The number of rotatable bonds is 2. The third kappa shape index (κ3) is 6.92. The molecule has 1 unspecified atom stereocenters. The van der Waals surface area contributed by atoms with Crippen molar-refractivity contribution in [3.05, 3.63) is 16.7 Å². The number of allylic oxidation sites excluding steroid dienone is 1. The fourth-order valence-corrected chi connectivity index (χ4v) is 0.818. The second-order valence-corrected chi connectivity index (χ2v) is 2.88. The summed E-state index contributed by atoms with van der Waals surface area (Å²) in [6, 6.07) is 0. The van der Waals surface area contributed by atoms with Gasteiger partial charge in [-0.05, 0) is 19.4 Å². The first-order chi connectivity index (χ1) is 5.16. The molecule has 0 saturated carbocycles. The highest BCUT2D eigenvalue weighted by Crippen LogP contribution is 1.88. The van der Waals surface area contributed by atoms with Crippen molar-refractivity contribution >= 4 is 11.1 Å². The zero-order valence-corrected chi connectivity index (χ0v) is 7.62. The molecule has 2 nitrogen and oxygen atoms in total. The predicted octanol–water partition coefficient (Wildman–Crippen LogP) is 1.73. The SMILES string of the molecule is CC#COS(=O)C=C=C(C)C. The Labute approximate surface area is 69.6 Å². The number of hydrogen-bond donors (Lipinski definition) is 0. The van der Waals surface area contributed by atoms with Crippen LogP contribution in [0.15, 0.2) is 16.7 Å². The minimum atomic E-state index is -1.47. The summed E-state index contributed by atoms with van der Waals surface area (Å²) in [7, 11) is 0. The molecule has 1 atom stereocenters. The van der Waals surface area contributed by atoms with Gasteiger partial charge in [0.1, 0.15) is 6.11 Å². The van der Waals surface area contributed by atoms with Crippen LogP contribution in [0.25, 0.3) is 0 Å². The van der Waals surface area contributed by atoms with Crippen molar-refractivity contribution in [2.24, 2.45) is 0 Å². The van der Waals surface area contributed by atoms with E-state index in [1.165, 1.54) is 5.41 Å². The molecule has 60 valence electrons. The van der Waals surface area contributed by atoms with Gasteiger partial charge in [-0.2, -0.15) is 0 Å². The van der Waals surface area contributed by atoms with Gasteiger partial charge in [0.05, 0.1) is 5.41 Å². The third-order valence-corrected chi connectivity index (χ3v) is 1.23. The Morgan fingerprint density at radius 1 is 1.55 bits per heavy atom. The lowest BCUT2D eigenvalue weighted by Gasteiger charge is -1.84. The first-order valence-corrected chi connectivity index (χ1v) is 4.20. The topological polar surface area (TPSA) is 26.3 Å². The van der Waals surface area contributed by atoms with Gasteiger partial charge in [-0.25, -0.2) is 4.21 Å². The summed E-state index contributed by atoms with van der Waals surface area (Å²) in [5.41, 5.74) is 3.70. The van der Waals surface area contributed by atoms with E-state index in [1.807, 2.05) is 13.8 Å². The van der Waals surface area contributed by atoms with Crippen molar-refractivity contribution in [1.82, 2.24) is 0 Å². The zero-order valence-electron chi connectivity index (χ0n) is 6.80. The van der Waals surface area contributed by atoms with Gasteiger partial charge in [0, 0.05) is 6.92 Å². The van der Waals surface area contributed by atoms with E-state index in [-0.39, 0.29) is 0 Å². The maximum atomic E-state index is 10.8. The van der Waals surface area contributed by atoms with E-state index in [0.717, 1.165) is 5.57 Å². The predicted molar refractivity (Wildman–Crippen MR) is 45.6 cm³/mol. The van der Waals surface area contributed by atoms with Gasteiger partial charge in [-0.1, -0.05) is 5.92 Å². The highest BCUT2D eigenvalue weighted by Gasteiger charge is 1.86. The molecule has 0 aliphatic carbocycles. The Hall–Kier alpha value is -0.970. The van der Waals surface area contributed by atoms with E-state index >= 15 is 0 Å². The van der Waals surface area contributed by atoms with Crippen molar-refractivity contribution in [3.63, 3.8) is 0 Å². The van der Waals surface area contributed by atoms with Crippen LogP contribution in [0, 0.1) is 12.0 Å². The van der Waals surface area contributed by atoms with Crippen LogP contribution >= 0.6 is 0 Å². The van der Waals surface area contributed by atoms with Gasteiger partial charge in [-0.15, -0.1) is 5.73 Å². The van der Waals surface area contributed by atoms with Crippen LogP contribution in [0.2, 0.25) is 0 Å². The van der Waals surface area contributed by atoms with Gasteiger partial charge in [-0.3, -0.25) is 0 Å². The molecule has 0 saturated heterocycles. The van der Waals surface area contributed by atoms with Crippen molar-refractivity contribution in [2.75, 3.05) is 0 Å². The Morgan fingerprint density at radius 3 is 2.64 bits per heavy atom. The molecule has 0 aromatic carbocycles. The van der Waals surface area contributed by atoms with Crippen LogP contribution in [0.1, 0.15) is 20.8 Å². The molecular formula is C8H10O2S. The Bertz CT molecular complexity index is 258. The molecule has 0 spiro atoms. The van der Waals surface area contributed by atoms with Gasteiger partial charge in [0.15, 0.2) is 0 Å². The molecule has 0 bridgehead atoms. The van der Waals surface area contributed by atoms with Crippen LogP contribution in [-0.4, -0.2) is 4.21 Å². The van der Waals surface area contributed by atoms with Crippen LogP contribution in [0.3, 0.4) is 0 Å². The highest BCUT2D eigenvalue weighted by molar-refractivity contribution is 7.83. The normalized spacial score (nSPS) is 10.1. The average Bonchev–Trinajstić information content (AvgIpc) is 1.97. The fourth-order valence-electron chi connectivity index (χ4n) is 0.273. The fraction of sp³-hybridized carbons (Fsp3) is 0.375. The summed E-state index contributed by atoms with van der Waals surface area (Å²) in [4.78, 5) is 0. The van der Waals surface area contributed by atoms with Gasteiger partial charge in [0.2, 0.25) is 11.1 Å². The van der Waals surface area contributed by atoms with E-state index in [4.69, 9.17) is 0 Å². The molecule has 0 aliphatic rings. The maximum Gasteiger partial charge on any atom is 0.249 e. The summed E-state index contributed by atoms with van der Waals surface area (Å²) in [6.45, 7) is 5.33. The molecule has 11 heavy (non-hydrogen) atoms. The summed E-state index contributed by atoms with van der Waals surface area (Å²) < 4.78 is 15.3. The van der Waals surface area contributed by atoms with Crippen LogP contribution in [-0.2, 0) is 15.3 Å². The molecule has 0 heterocycles. The largest absolute Gasteiger partial charge is 0.342 e. The minimum Gasteiger partial charge on any atom is -0.342 e. The zero-order chi connectivity index (χ0) is 8.69. The molecule has 0 rings (SSSR count). The molecule has 0 aromatic rings. The number of hydrogen-bond acceptors (Lipinski definition) is 2. The van der Waals surface area contributed by atoms with E-state index in [2.05, 4.69) is 21.9 Å². The van der Waals surface area contributed by atoms with Gasteiger partial charge < -0.3 is 4.18 Å². The minimum absolute atomic E-state index is 0.950. The summed E-state index contributed by atoms with van der Waals surface area (Å²) in [5.74, 6) is 2.47. The molecule has 0 fully saturated rings. The maximum absolute atomic E-state index is 10.8. The van der Waals surface area contributed by atoms with Gasteiger partial charge >= 0.3 is 0 Å². The van der Waals surface area contributed by atoms with E-state index in [0.29, 0.717) is 0 Å². The molecule has 0 radical (unpaired) electrons. The van der Waals surface area contributed by atoms with Crippen molar-refractivity contribution in [1.29, 1.82) is 0 Å². The van der Waals surface area contributed by atoms with E-state index in [9.17, 15) is 4.21 Å². The quantitative estimate of drug-likeness (QED) is 0.466. The van der Waals surface area contributed by atoms with Crippen molar-refractivity contribution in [2.45, 2.75) is 20.8 Å². The van der Waals surface area contributed by atoms with Crippen molar-refractivity contribution < 1.29 is 8.39 Å². The molecule has 0 aliphatic heterocycles. The molecule has 0 N–H and O–H groups in total. The lowest BCUT2D eigenvalue weighted by molar-refractivity contribution is 0.545. The van der Waals surface area contributed by atoms with Crippen LogP contribution < -0.4 is 0 Å². The first kappa shape index (κ1) is 10.0. The van der Waals surface area contributed by atoms with E-state index in [1.54, 1.807) is 6.92 Å². The van der Waals surface area contributed by atoms with Crippen LogP contribution in [0.5, 0.6) is 0 Å². The second-order valence-electron chi connectivity index (χ2n) is 1.96. The molecule has 3 heteroatoms. The summed E-state index contributed by atoms with van der Waals surface area (Å²) in [5, 5.41) is 1.33.